The summed E-state index contributed by atoms with van der Waals surface area (Å²) in [4.78, 5) is 15.5. The third-order valence-corrected chi connectivity index (χ3v) is 6.11. The van der Waals surface area contributed by atoms with Crippen LogP contribution < -0.4 is 14.4 Å². The molecule has 1 aliphatic rings. The van der Waals surface area contributed by atoms with E-state index in [1.54, 1.807) is 4.90 Å². The predicted molar refractivity (Wildman–Crippen MR) is 100 cm³/mol. The van der Waals surface area contributed by atoms with Gasteiger partial charge in [-0.2, -0.15) is 0 Å². The molecular formula is C17H27ClN3O4S+. The number of quaternary nitrogens is 1. The first-order chi connectivity index (χ1) is 12.3. The van der Waals surface area contributed by atoms with E-state index in [1.807, 2.05) is 6.92 Å². The number of piperazine rings is 1. The van der Waals surface area contributed by atoms with Crippen LogP contribution in [0.4, 0.5) is 0 Å². The number of nitrogens with zero attached hydrogens (tertiary/aromatic N) is 1. The fraction of sp³-hybridized carbons (Fsp3) is 0.588. The Labute approximate surface area is 160 Å². The Morgan fingerprint density at radius 1 is 1.35 bits per heavy atom. The topological polar surface area (TPSA) is 80.1 Å². The van der Waals surface area contributed by atoms with Crippen LogP contribution in [0, 0.1) is 0 Å². The second kappa shape index (κ2) is 9.55. The van der Waals surface area contributed by atoms with Gasteiger partial charge in [0, 0.05) is 6.54 Å². The van der Waals surface area contributed by atoms with E-state index in [4.69, 9.17) is 16.3 Å². The fourth-order valence-electron chi connectivity index (χ4n) is 2.60. The maximum absolute atomic E-state index is 12.2. The molecule has 7 nitrogen and oxygen atoms in total. The summed E-state index contributed by atoms with van der Waals surface area (Å²) >= 11 is 6.14. The molecule has 146 valence electrons. The van der Waals surface area contributed by atoms with Crippen LogP contribution in [0.2, 0.25) is 5.02 Å². The molecule has 1 heterocycles. The zero-order chi connectivity index (χ0) is 19.2. The van der Waals surface area contributed by atoms with Crippen molar-refractivity contribution in [1.29, 1.82) is 0 Å². The highest BCUT2D eigenvalue weighted by atomic mass is 35.5. The third kappa shape index (κ3) is 5.84. The lowest BCUT2D eigenvalue weighted by molar-refractivity contribution is -0.883. The summed E-state index contributed by atoms with van der Waals surface area (Å²) in [5.41, 5.74) is 0. The van der Waals surface area contributed by atoms with E-state index >= 15 is 0 Å². The summed E-state index contributed by atoms with van der Waals surface area (Å²) in [6, 6.07) is 4.26. The second-order valence-corrected chi connectivity index (χ2v) is 8.64. The molecule has 1 amide bonds. The molecule has 0 aromatic heterocycles. The van der Waals surface area contributed by atoms with E-state index < -0.39 is 10.0 Å². The van der Waals surface area contributed by atoms with Crippen LogP contribution >= 0.6 is 11.6 Å². The highest BCUT2D eigenvalue weighted by molar-refractivity contribution is 7.89. The van der Waals surface area contributed by atoms with Gasteiger partial charge in [0.05, 0.1) is 43.1 Å². The van der Waals surface area contributed by atoms with Crippen molar-refractivity contribution in [2.45, 2.75) is 24.7 Å². The van der Waals surface area contributed by atoms with Gasteiger partial charge in [-0.05, 0) is 24.6 Å². The molecule has 0 spiro atoms. The van der Waals surface area contributed by atoms with Crippen LogP contribution in [0.25, 0.3) is 0 Å². The highest BCUT2D eigenvalue weighted by Crippen LogP contribution is 2.27. The van der Waals surface area contributed by atoms with Gasteiger partial charge in [0.25, 0.3) is 5.91 Å². The quantitative estimate of drug-likeness (QED) is 0.605. The summed E-state index contributed by atoms with van der Waals surface area (Å²) in [5, 5.41) is 0.166. The molecule has 26 heavy (non-hydrogen) atoms. The van der Waals surface area contributed by atoms with E-state index in [0.29, 0.717) is 25.4 Å². The van der Waals surface area contributed by atoms with Gasteiger partial charge in [0.15, 0.2) is 6.61 Å². The molecule has 1 saturated heterocycles. The van der Waals surface area contributed by atoms with Crippen molar-refractivity contribution < 1.29 is 22.8 Å². The molecule has 0 atom stereocenters. The first-order valence-electron chi connectivity index (χ1n) is 8.84. The van der Waals surface area contributed by atoms with E-state index in [2.05, 4.69) is 11.8 Å². The average Bonchev–Trinajstić information content (AvgIpc) is 2.61. The van der Waals surface area contributed by atoms with Crippen molar-refractivity contribution in [2.75, 3.05) is 46.4 Å². The number of nitrogens with one attached hydrogen (secondary N) is 2. The average molecular weight is 405 g/mol. The number of amides is 1. The summed E-state index contributed by atoms with van der Waals surface area (Å²) in [6.45, 7) is 5.52. The van der Waals surface area contributed by atoms with Crippen LogP contribution in [-0.2, 0) is 14.8 Å². The molecule has 0 radical (unpaired) electrons. The first kappa shape index (κ1) is 21.0. The van der Waals surface area contributed by atoms with Crippen LogP contribution in [0.5, 0.6) is 5.75 Å². The second-order valence-electron chi connectivity index (χ2n) is 6.47. The van der Waals surface area contributed by atoms with Gasteiger partial charge in [0.1, 0.15) is 5.75 Å². The lowest BCUT2D eigenvalue weighted by Gasteiger charge is -2.30. The SMILES string of the molecule is CCCCNS(=O)(=O)c1ccc(OCC(=O)N2CC[NH+](C)CC2)c(Cl)c1. The minimum atomic E-state index is -3.59. The Morgan fingerprint density at radius 2 is 2.04 bits per heavy atom. The molecule has 0 bridgehead atoms. The van der Waals surface area contributed by atoms with Crippen LogP contribution in [0.15, 0.2) is 23.1 Å². The monoisotopic (exact) mass is 404 g/mol. The van der Waals surface area contributed by atoms with Crippen molar-refractivity contribution in [2.24, 2.45) is 0 Å². The largest absolute Gasteiger partial charge is 0.482 e. The fourth-order valence-corrected chi connectivity index (χ4v) is 4.00. The number of likely N-dealkylation sites (N-methyl/N-ethyl adjacent to an activating group) is 1. The number of carbonyl (C=O) groups is 1. The number of hydrogen-bond donors (Lipinski definition) is 2. The first-order valence-corrected chi connectivity index (χ1v) is 10.7. The van der Waals surface area contributed by atoms with Gasteiger partial charge in [-0.15, -0.1) is 0 Å². The number of ether oxygens (including phenoxy) is 1. The minimum absolute atomic E-state index is 0.0827. The smallest absolute Gasteiger partial charge is 0.260 e. The summed E-state index contributed by atoms with van der Waals surface area (Å²) in [5.74, 6) is 0.207. The molecule has 1 fully saturated rings. The molecule has 0 aliphatic carbocycles. The molecular weight excluding hydrogens is 378 g/mol. The normalized spacial score (nSPS) is 15.9. The van der Waals surface area contributed by atoms with Gasteiger partial charge in [-0.3, -0.25) is 4.79 Å². The molecule has 1 aromatic rings. The summed E-state index contributed by atoms with van der Waals surface area (Å²) in [6.07, 6.45) is 1.67. The molecule has 9 heteroatoms. The maximum atomic E-state index is 12.2. The van der Waals surface area contributed by atoms with Crippen molar-refractivity contribution in [3.05, 3.63) is 23.2 Å². The Hall–Kier alpha value is -1.35. The van der Waals surface area contributed by atoms with Crippen molar-refractivity contribution >= 4 is 27.5 Å². The van der Waals surface area contributed by atoms with Crippen LogP contribution in [0.1, 0.15) is 19.8 Å². The van der Waals surface area contributed by atoms with Crippen molar-refractivity contribution in [3.63, 3.8) is 0 Å². The van der Waals surface area contributed by atoms with Crippen molar-refractivity contribution in [3.8, 4) is 5.75 Å². The predicted octanol–water partition coefficient (Wildman–Crippen LogP) is 0.154. The molecule has 0 saturated carbocycles. The van der Waals surface area contributed by atoms with Gasteiger partial charge in [-0.1, -0.05) is 24.9 Å². The van der Waals surface area contributed by atoms with Gasteiger partial charge >= 0.3 is 0 Å². The zero-order valence-electron chi connectivity index (χ0n) is 15.3. The number of sulfonamides is 1. The van der Waals surface area contributed by atoms with E-state index in [1.165, 1.54) is 23.1 Å². The van der Waals surface area contributed by atoms with Gasteiger partial charge in [0.2, 0.25) is 10.0 Å². The number of benzene rings is 1. The number of halogens is 1. The standard InChI is InChI=1S/C17H26ClN3O4S/c1-3-4-7-19-26(23,24)14-5-6-16(15(18)12-14)25-13-17(22)21-10-8-20(2)9-11-21/h5-6,12,19H,3-4,7-11,13H2,1-2H3/p+1. The minimum Gasteiger partial charge on any atom is -0.482 e. The highest BCUT2D eigenvalue weighted by Gasteiger charge is 2.22. The van der Waals surface area contributed by atoms with Crippen molar-refractivity contribution in [1.82, 2.24) is 9.62 Å². The third-order valence-electron chi connectivity index (χ3n) is 4.36. The number of rotatable bonds is 8. The molecule has 2 rings (SSSR count). The molecule has 0 unspecified atom stereocenters. The Morgan fingerprint density at radius 3 is 2.65 bits per heavy atom. The van der Waals surface area contributed by atoms with E-state index in [-0.39, 0.29) is 22.4 Å². The Bertz CT molecular complexity index is 719. The Balaban J connectivity index is 1.94. The van der Waals surface area contributed by atoms with Gasteiger partial charge < -0.3 is 14.5 Å². The van der Waals surface area contributed by atoms with Crippen LogP contribution in [-0.4, -0.2) is 65.6 Å². The lowest BCUT2D eigenvalue weighted by Crippen LogP contribution is -3.12. The lowest BCUT2D eigenvalue weighted by atomic mass is 10.3. The molecule has 1 aromatic carbocycles. The van der Waals surface area contributed by atoms with Gasteiger partial charge in [-0.25, -0.2) is 13.1 Å². The zero-order valence-corrected chi connectivity index (χ0v) is 16.8. The van der Waals surface area contributed by atoms with E-state index in [0.717, 1.165) is 25.9 Å². The summed E-state index contributed by atoms with van der Waals surface area (Å²) < 4.78 is 32.4. The molecule has 1 aliphatic heterocycles. The van der Waals surface area contributed by atoms with Crippen LogP contribution in [0.3, 0.4) is 0 Å². The number of hydrogen-bond acceptors (Lipinski definition) is 4. The molecule has 2 N–H and O–H groups in total. The Kier molecular flexibility index (Phi) is 7.69. The van der Waals surface area contributed by atoms with E-state index in [9.17, 15) is 13.2 Å². The summed E-state index contributed by atoms with van der Waals surface area (Å²) in [7, 11) is -1.49. The maximum Gasteiger partial charge on any atom is 0.260 e. The number of carbonyl (C=O) groups excluding carboxylic acids is 1. The number of unbranched alkanes of at least 4 members (excludes halogenated alkanes) is 1.